The number of likely N-dealkylation sites (tertiary alicyclic amines) is 1. The molecule has 2 aromatic heterocycles. The number of hydrogen-bond acceptors (Lipinski definition) is 5. The van der Waals surface area contributed by atoms with Crippen LogP contribution in [0.15, 0.2) is 18.5 Å². The van der Waals surface area contributed by atoms with Crippen molar-refractivity contribution in [1.82, 2.24) is 29.5 Å². The first kappa shape index (κ1) is 17.5. The molecule has 0 saturated carbocycles. The molecule has 3 heterocycles. The molecule has 0 spiro atoms. The van der Waals surface area contributed by atoms with Gasteiger partial charge in [0.15, 0.2) is 0 Å². The maximum atomic E-state index is 12.4. The first-order valence-electron chi connectivity index (χ1n) is 8.60. The monoisotopic (exact) mass is 342 g/mol. The highest BCUT2D eigenvalue weighted by Crippen LogP contribution is 2.37. The van der Waals surface area contributed by atoms with Crippen molar-refractivity contribution in [3.63, 3.8) is 0 Å². The van der Waals surface area contributed by atoms with Gasteiger partial charge >= 0.3 is 0 Å². The summed E-state index contributed by atoms with van der Waals surface area (Å²) in [6, 6.07) is 1.76. The predicted octanol–water partition coefficient (Wildman–Crippen LogP) is 1.73. The van der Waals surface area contributed by atoms with Gasteiger partial charge in [-0.05, 0) is 39.3 Å². The molecule has 1 fully saturated rings. The van der Waals surface area contributed by atoms with E-state index < -0.39 is 0 Å². The number of carbonyl (C=O) groups excluding carboxylic acids is 1. The molecule has 1 saturated heterocycles. The number of nitrogens with zero attached hydrogens (tertiary/aromatic N) is 6. The minimum Gasteiger partial charge on any atom is -0.343 e. The normalized spacial score (nSPS) is 20.8. The second-order valence-electron chi connectivity index (χ2n) is 7.24. The number of aryl methyl sites for hydroxylation is 2. The van der Waals surface area contributed by atoms with Crippen molar-refractivity contribution in [2.75, 3.05) is 20.6 Å². The van der Waals surface area contributed by atoms with Crippen molar-refractivity contribution in [1.29, 1.82) is 0 Å². The maximum Gasteiger partial charge on any atom is 0.272 e. The van der Waals surface area contributed by atoms with Crippen LogP contribution in [-0.4, -0.2) is 56.1 Å². The van der Waals surface area contributed by atoms with Gasteiger partial charge in [0.05, 0.1) is 11.7 Å². The standard InChI is InChI=1S/C18H26N6O/c1-13-9-15(16(25)22(3)4)21-17(20-13)18(2)7-6-8-24(18)12-14-10-19-23(5)11-14/h9-11H,6-8,12H2,1-5H3/t18-/m1/s1. The van der Waals surface area contributed by atoms with Crippen LogP contribution in [0.5, 0.6) is 0 Å². The van der Waals surface area contributed by atoms with Crippen LogP contribution in [0.1, 0.15) is 47.3 Å². The van der Waals surface area contributed by atoms with Gasteiger partial charge in [0.1, 0.15) is 11.5 Å². The van der Waals surface area contributed by atoms with E-state index in [0.29, 0.717) is 5.69 Å². The average molecular weight is 342 g/mol. The molecule has 2 aromatic rings. The van der Waals surface area contributed by atoms with Gasteiger partial charge in [0, 0.05) is 45.1 Å². The second-order valence-corrected chi connectivity index (χ2v) is 7.24. The van der Waals surface area contributed by atoms with E-state index in [0.717, 1.165) is 37.4 Å². The third kappa shape index (κ3) is 3.42. The second kappa shape index (κ2) is 6.55. The lowest BCUT2D eigenvalue weighted by Gasteiger charge is -2.34. The van der Waals surface area contributed by atoms with E-state index in [1.165, 1.54) is 5.56 Å². The molecular weight excluding hydrogens is 316 g/mol. The van der Waals surface area contributed by atoms with E-state index in [-0.39, 0.29) is 11.4 Å². The molecule has 0 unspecified atom stereocenters. The minimum atomic E-state index is -0.275. The van der Waals surface area contributed by atoms with Gasteiger partial charge in [-0.25, -0.2) is 9.97 Å². The Morgan fingerprint density at radius 1 is 1.36 bits per heavy atom. The molecule has 1 aliphatic heterocycles. The van der Waals surface area contributed by atoms with E-state index in [1.807, 2.05) is 31.0 Å². The Hall–Kier alpha value is -2.28. The summed E-state index contributed by atoms with van der Waals surface area (Å²) in [5.41, 5.74) is 2.18. The van der Waals surface area contributed by atoms with Gasteiger partial charge in [0.2, 0.25) is 0 Å². The van der Waals surface area contributed by atoms with E-state index in [4.69, 9.17) is 0 Å². The molecule has 0 aromatic carbocycles. The zero-order valence-electron chi connectivity index (χ0n) is 15.7. The summed E-state index contributed by atoms with van der Waals surface area (Å²) in [4.78, 5) is 25.6. The molecule has 0 radical (unpaired) electrons. The summed E-state index contributed by atoms with van der Waals surface area (Å²) in [5, 5.41) is 4.26. The van der Waals surface area contributed by atoms with Crippen molar-refractivity contribution >= 4 is 5.91 Å². The number of rotatable bonds is 4. The lowest BCUT2D eigenvalue weighted by molar-refractivity contribution is 0.0818. The van der Waals surface area contributed by atoms with Crippen LogP contribution < -0.4 is 0 Å². The summed E-state index contributed by atoms with van der Waals surface area (Å²) in [7, 11) is 5.41. The summed E-state index contributed by atoms with van der Waals surface area (Å²) in [6.45, 7) is 5.88. The van der Waals surface area contributed by atoms with Crippen LogP contribution in [0.2, 0.25) is 0 Å². The smallest absolute Gasteiger partial charge is 0.272 e. The molecule has 7 heteroatoms. The highest BCUT2D eigenvalue weighted by molar-refractivity contribution is 5.92. The third-order valence-corrected chi connectivity index (χ3v) is 4.88. The van der Waals surface area contributed by atoms with E-state index in [1.54, 1.807) is 25.1 Å². The van der Waals surface area contributed by atoms with Gasteiger partial charge in [-0.1, -0.05) is 0 Å². The number of aromatic nitrogens is 4. The van der Waals surface area contributed by atoms with Crippen LogP contribution in [0.3, 0.4) is 0 Å². The average Bonchev–Trinajstić information content (AvgIpc) is 3.13. The zero-order chi connectivity index (χ0) is 18.2. The SMILES string of the molecule is Cc1cc(C(=O)N(C)C)nc([C@@]2(C)CCCN2Cc2cnn(C)c2)n1. The third-order valence-electron chi connectivity index (χ3n) is 4.88. The van der Waals surface area contributed by atoms with E-state index >= 15 is 0 Å². The molecule has 1 amide bonds. The Labute approximate surface area is 148 Å². The molecule has 0 N–H and O–H groups in total. The van der Waals surface area contributed by atoms with Gasteiger partial charge in [-0.15, -0.1) is 0 Å². The van der Waals surface area contributed by atoms with Gasteiger partial charge in [-0.3, -0.25) is 14.4 Å². The summed E-state index contributed by atoms with van der Waals surface area (Å²) in [6.07, 6.45) is 6.00. The Bertz CT molecular complexity index is 784. The summed E-state index contributed by atoms with van der Waals surface area (Å²) < 4.78 is 1.82. The van der Waals surface area contributed by atoms with Crippen LogP contribution in [-0.2, 0) is 19.1 Å². The highest BCUT2D eigenvalue weighted by atomic mass is 16.2. The quantitative estimate of drug-likeness (QED) is 0.846. The Balaban J connectivity index is 1.94. The lowest BCUT2D eigenvalue weighted by Crippen LogP contribution is -2.40. The predicted molar refractivity (Wildman–Crippen MR) is 95.0 cm³/mol. The molecule has 1 atom stereocenters. The fourth-order valence-electron chi connectivity index (χ4n) is 3.45. The first-order chi connectivity index (χ1) is 11.8. The van der Waals surface area contributed by atoms with Crippen molar-refractivity contribution in [2.24, 2.45) is 7.05 Å². The minimum absolute atomic E-state index is 0.0906. The molecular formula is C18H26N6O. The van der Waals surface area contributed by atoms with Crippen molar-refractivity contribution in [2.45, 2.75) is 38.8 Å². The number of amides is 1. The summed E-state index contributed by atoms with van der Waals surface area (Å²) in [5.74, 6) is 0.645. The molecule has 0 bridgehead atoms. The molecule has 1 aliphatic rings. The van der Waals surface area contributed by atoms with Gasteiger partial charge < -0.3 is 4.90 Å². The van der Waals surface area contributed by atoms with Crippen LogP contribution in [0.25, 0.3) is 0 Å². The van der Waals surface area contributed by atoms with E-state index in [2.05, 4.69) is 26.9 Å². The molecule has 25 heavy (non-hydrogen) atoms. The molecule has 3 rings (SSSR count). The van der Waals surface area contributed by atoms with Crippen molar-refractivity contribution in [3.05, 3.63) is 41.2 Å². The summed E-state index contributed by atoms with van der Waals surface area (Å²) >= 11 is 0. The van der Waals surface area contributed by atoms with Crippen molar-refractivity contribution < 1.29 is 4.79 Å². The zero-order valence-corrected chi connectivity index (χ0v) is 15.7. The Morgan fingerprint density at radius 3 is 2.76 bits per heavy atom. The Kier molecular flexibility index (Phi) is 4.60. The highest BCUT2D eigenvalue weighted by Gasteiger charge is 2.41. The van der Waals surface area contributed by atoms with E-state index in [9.17, 15) is 4.79 Å². The van der Waals surface area contributed by atoms with Crippen LogP contribution >= 0.6 is 0 Å². The lowest BCUT2D eigenvalue weighted by atomic mass is 9.97. The van der Waals surface area contributed by atoms with Crippen LogP contribution in [0.4, 0.5) is 0 Å². The number of carbonyl (C=O) groups is 1. The van der Waals surface area contributed by atoms with Gasteiger partial charge in [0.25, 0.3) is 5.91 Å². The fraction of sp³-hybridized carbons (Fsp3) is 0.556. The topological polar surface area (TPSA) is 67.2 Å². The largest absolute Gasteiger partial charge is 0.343 e. The van der Waals surface area contributed by atoms with Crippen LogP contribution in [0, 0.1) is 6.92 Å². The van der Waals surface area contributed by atoms with Gasteiger partial charge in [-0.2, -0.15) is 5.10 Å². The molecule has 134 valence electrons. The maximum absolute atomic E-state index is 12.4. The molecule has 7 nitrogen and oxygen atoms in total. The number of hydrogen-bond donors (Lipinski definition) is 0. The first-order valence-corrected chi connectivity index (χ1v) is 8.60. The fourth-order valence-corrected chi connectivity index (χ4v) is 3.45. The molecule has 0 aliphatic carbocycles. The Morgan fingerprint density at radius 2 is 2.12 bits per heavy atom. The van der Waals surface area contributed by atoms with Crippen molar-refractivity contribution in [3.8, 4) is 0 Å².